The zero-order valence-electron chi connectivity index (χ0n) is 10.4. The van der Waals surface area contributed by atoms with Gasteiger partial charge in [-0.1, -0.05) is 13.0 Å². The lowest BCUT2D eigenvalue weighted by atomic mass is 10.4. The molecule has 0 radical (unpaired) electrons. The number of fused-ring (bicyclic) bond motifs is 1. The Morgan fingerprint density at radius 2 is 2.37 bits per heavy atom. The van der Waals surface area contributed by atoms with Crippen molar-refractivity contribution in [1.29, 1.82) is 0 Å². The number of rotatable bonds is 5. The highest BCUT2D eigenvalue weighted by molar-refractivity contribution is 8.00. The summed E-state index contributed by atoms with van der Waals surface area (Å²) < 4.78 is 7.06. The van der Waals surface area contributed by atoms with Crippen LogP contribution in [0.4, 0.5) is 0 Å². The van der Waals surface area contributed by atoms with Gasteiger partial charge in [-0.25, -0.2) is 9.97 Å². The van der Waals surface area contributed by atoms with Crippen LogP contribution >= 0.6 is 23.3 Å². The molecule has 19 heavy (non-hydrogen) atoms. The first-order chi connectivity index (χ1) is 9.38. The number of aromatic nitrogens is 4. The summed E-state index contributed by atoms with van der Waals surface area (Å²) in [4.78, 5) is 8.87. The van der Waals surface area contributed by atoms with E-state index in [0.717, 1.165) is 33.8 Å². The molecule has 0 fully saturated rings. The molecule has 0 saturated carbocycles. The first-order valence-corrected chi connectivity index (χ1v) is 7.58. The van der Waals surface area contributed by atoms with Gasteiger partial charge in [-0.05, 0) is 42.0 Å². The van der Waals surface area contributed by atoms with Crippen LogP contribution in [0.25, 0.3) is 5.65 Å². The Labute approximate surface area is 119 Å². The fourth-order valence-corrected chi connectivity index (χ4v) is 3.29. The standard InChI is InChI=1S/C12H13N5S2/c1-2-13-7-9-11(18-12-14-8-15-19-12)16-10-5-3-4-6-17(9)10/h3-6,8,13H,2,7H2,1H3. The number of imidazole rings is 1. The smallest absolute Gasteiger partial charge is 0.176 e. The van der Waals surface area contributed by atoms with Crippen molar-refractivity contribution < 1.29 is 0 Å². The number of nitrogens with zero attached hydrogens (tertiary/aromatic N) is 4. The monoisotopic (exact) mass is 291 g/mol. The molecule has 7 heteroatoms. The SMILES string of the molecule is CCNCc1c(Sc2ncns2)nc2ccccn12. The highest BCUT2D eigenvalue weighted by Crippen LogP contribution is 2.30. The second kappa shape index (κ2) is 5.68. The molecule has 3 heterocycles. The average Bonchev–Trinajstić information content (AvgIpc) is 3.04. The van der Waals surface area contributed by atoms with Crippen LogP contribution in [0, 0.1) is 0 Å². The maximum atomic E-state index is 4.67. The summed E-state index contributed by atoms with van der Waals surface area (Å²) in [5, 5.41) is 4.35. The largest absolute Gasteiger partial charge is 0.311 e. The van der Waals surface area contributed by atoms with Gasteiger partial charge in [0.15, 0.2) is 4.34 Å². The van der Waals surface area contributed by atoms with E-state index in [1.165, 1.54) is 11.5 Å². The van der Waals surface area contributed by atoms with Gasteiger partial charge in [0, 0.05) is 12.7 Å². The molecule has 0 bridgehead atoms. The van der Waals surface area contributed by atoms with E-state index in [0.29, 0.717) is 0 Å². The fourth-order valence-electron chi connectivity index (χ4n) is 1.80. The zero-order chi connectivity index (χ0) is 13.1. The molecule has 0 spiro atoms. The van der Waals surface area contributed by atoms with E-state index in [4.69, 9.17) is 0 Å². The van der Waals surface area contributed by atoms with Gasteiger partial charge in [0.25, 0.3) is 0 Å². The van der Waals surface area contributed by atoms with Gasteiger partial charge in [-0.2, -0.15) is 4.37 Å². The molecule has 0 aliphatic carbocycles. The summed E-state index contributed by atoms with van der Waals surface area (Å²) in [6.07, 6.45) is 3.62. The second-order valence-electron chi connectivity index (χ2n) is 3.88. The van der Waals surface area contributed by atoms with Gasteiger partial charge in [0.05, 0.1) is 5.69 Å². The van der Waals surface area contributed by atoms with E-state index in [2.05, 4.69) is 31.0 Å². The van der Waals surface area contributed by atoms with Crippen LogP contribution in [0.2, 0.25) is 0 Å². The lowest BCUT2D eigenvalue weighted by molar-refractivity contribution is 0.694. The topological polar surface area (TPSA) is 55.1 Å². The average molecular weight is 291 g/mol. The lowest BCUT2D eigenvalue weighted by Crippen LogP contribution is -2.13. The lowest BCUT2D eigenvalue weighted by Gasteiger charge is -2.04. The summed E-state index contributed by atoms with van der Waals surface area (Å²) in [7, 11) is 0. The molecule has 3 aromatic rings. The van der Waals surface area contributed by atoms with Crippen molar-refractivity contribution >= 4 is 28.9 Å². The molecule has 98 valence electrons. The molecule has 0 aliphatic rings. The third-order valence-electron chi connectivity index (χ3n) is 2.66. The van der Waals surface area contributed by atoms with Crippen molar-refractivity contribution in [2.24, 2.45) is 0 Å². The summed E-state index contributed by atoms with van der Waals surface area (Å²) in [5.74, 6) is 0. The van der Waals surface area contributed by atoms with E-state index in [1.54, 1.807) is 18.1 Å². The maximum Gasteiger partial charge on any atom is 0.176 e. The zero-order valence-corrected chi connectivity index (χ0v) is 12.0. The predicted molar refractivity (Wildman–Crippen MR) is 76.6 cm³/mol. The highest BCUT2D eigenvalue weighted by Gasteiger charge is 2.14. The third-order valence-corrected chi connectivity index (χ3v) is 4.39. The number of hydrogen-bond acceptors (Lipinski definition) is 6. The fraction of sp³-hybridized carbons (Fsp3) is 0.250. The highest BCUT2D eigenvalue weighted by atomic mass is 32.2. The summed E-state index contributed by atoms with van der Waals surface area (Å²) in [6, 6.07) is 6.03. The third kappa shape index (κ3) is 2.63. The van der Waals surface area contributed by atoms with Crippen LogP contribution in [0.1, 0.15) is 12.6 Å². The maximum absolute atomic E-state index is 4.67. The minimum atomic E-state index is 0.794. The van der Waals surface area contributed by atoms with Gasteiger partial charge in [0.2, 0.25) is 0 Å². The molecule has 0 unspecified atom stereocenters. The molecular weight excluding hydrogens is 278 g/mol. The molecule has 0 aliphatic heterocycles. The van der Waals surface area contributed by atoms with E-state index >= 15 is 0 Å². The van der Waals surface area contributed by atoms with Gasteiger partial charge in [0.1, 0.15) is 17.0 Å². The van der Waals surface area contributed by atoms with E-state index in [9.17, 15) is 0 Å². The van der Waals surface area contributed by atoms with E-state index in [1.807, 2.05) is 24.4 Å². The van der Waals surface area contributed by atoms with Crippen LogP contribution in [0.15, 0.2) is 40.1 Å². The van der Waals surface area contributed by atoms with E-state index in [-0.39, 0.29) is 0 Å². The van der Waals surface area contributed by atoms with E-state index < -0.39 is 0 Å². The van der Waals surface area contributed by atoms with Crippen molar-refractivity contribution in [2.45, 2.75) is 22.8 Å². The minimum absolute atomic E-state index is 0.794. The van der Waals surface area contributed by atoms with Gasteiger partial charge in [-0.3, -0.25) is 0 Å². The van der Waals surface area contributed by atoms with Crippen molar-refractivity contribution in [3.05, 3.63) is 36.4 Å². The molecule has 0 atom stereocenters. The van der Waals surface area contributed by atoms with Gasteiger partial charge >= 0.3 is 0 Å². The number of pyridine rings is 1. The Kier molecular flexibility index (Phi) is 3.77. The minimum Gasteiger partial charge on any atom is -0.311 e. The molecule has 3 rings (SSSR count). The number of nitrogens with one attached hydrogen (secondary N) is 1. The summed E-state index contributed by atoms with van der Waals surface area (Å²) >= 11 is 2.96. The molecule has 0 aromatic carbocycles. The molecule has 3 aromatic heterocycles. The molecule has 1 N–H and O–H groups in total. The Morgan fingerprint density at radius 3 is 3.16 bits per heavy atom. The van der Waals surface area contributed by atoms with Gasteiger partial charge in [-0.15, -0.1) is 0 Å². The van der Waals surface area contributed by atoms with Crippen LogP contribution in [0.3, 0.4) is 0 Å². The summed E-state index contributed by atoms with van der Waals surface area (Å²) in [6.45, 7) is 3.83. The van der Waals surface area contributed by atoms with Crippen LogP contribution in [-0.2, 0) is 6.54 Å². The second-order valence-corrected chi connectivity index (χ2v) is 5.90. The van der Waals surface area contributed by atoms with Crippen LogP contribution < -0.4 is 5.32 Å². The molecular formula is C12H13N5S2. The van der Waals surface area contributed by atoms with Crippen molar-refractivity contribution in [3.63, 3.8) is 0 Å². The first kappa shape index (κ1) is 12.6. The Hall–Kier alpha value is -1.44. The van der Waals surface area contributed by atoms with Gasteiger partial charge < -0.3 is 9.72 Å². The van der Waals surface area contributed by atoms with Crippen molar-refractivity contribution in [3.8, 4) is 0 Å². The molecule has 5 nitrogen and oxygen atoms in total. The normalized spacial score (nSPS) is 11.2. The quantitative estimate of drug-likeness (QED) is 0.782. The van der Waals surface area contributed by atoms with Crippen molar-refractivity contribution in [2.75, 3.05) is 6.54 Å². The molecule has 0 saturated heterocycles. The number of hydrogen-bond donors (Lipinski definition) is 1. The summed E-state index contributed by atoms with van der Waals surface area (Å²) in [5.41, 5.74) is 2.13. The van der Waals surface area contributed by atoms with Crippen LogP contribution in [0.5, 0.6) is 0 Å². The Morgan fingerprint density at radius 1 is 1.42 bits per heavy atom. The molecule has 0 amide bonds. The van der Waals surface area contributed by atoms with Crippen LogP contribution in [-0.4, -0.2) is 25.3 Å². The Balaban J connectivity index is 2.01. The first-order valence-electron chi connectivity index (χ1n) is 5.99. The predicted octanol–water partition coefficient (Wildman–Crippen LogP) is 2.45. The van der Waals surface area contributed by atoms with Crippen molar-refractivity contribution in [1.82, 2.24) is 24.1 Å². The Bertz CT molecular complexity index is 662.